The number of nitrogens with one attached hydrogen (secondary N) is 1. The lowest BCUT2D eigenvalue weighted by Crippen LogP contribution is -2.26. The molecule has 0 spiro atoms. The average Bonchev–Trinajstić information content (AvgIpc) is 2.32. The maximum Gasteiger partial charge on any atom is 0.240 e. The van der Waals surface area contributed by atoms with Gasteiger partial charge in [0.25, 0.3) is 0 Å². The summed E-state index contributed by atoms with van der Waals surface area (Å²) in [6.07, 6.45) is 1.72. The van der Waals surface area contributed by atoms with Gasteiger partial charge in [-0.1, -0.05) is 34.5 Å². The van der Waals surface area contributed by atoms with Crippen molar-refractivity contribution >= 4 is 53.5 Å². The Balaban J connectivity index is 2.71. The zero-order valence-electron chi connectivity index (χ0n) is 9.79. The van der Waals surface area contributed by atoms with Gasteiger partial charge in [-0.15, -0.1) is 0 Å². The molecule has 0 fully saturated rings. The van der Waals surface area contributed by atoms with Crippen molar-refractivity contribution in [3.05, 3.63) is 27.7 Å². The Bertz CT molecular complexity index is 508. The highest BCUT2D eigenvalue weighted by atomic mass is 79.9. The number of sulfonamides is 1. The molecule has 1 unspecified atom stereocenters. The molecule has 18 heavy (non-hydrogen) atoms. The molecule has 0 bridgehead atoms. The molecule has 102 valence electrons. The summed E-state index contributed by atoms with van der Waals surface area (Å²) in [5.74, 6) is 0. The van der Waals surface area contributed by atoms with Crippen LogP contribution < -0.4 is 4.72 Å². The zero-order chi connectivity index (χ0) is 13.8. The van der Waals surface area contributed by atoms with Crippen molar-refractivity contribution in [1.82, 2.24) is 4.72 Å². The van der Waals surface area contributed by atoms with Gasteiger partial charge in [0.15, 0.2) is 0 Å². The van der Waals surface area contributed by atoms with Crippen molar-refractivity contribution in [2.24, 2.45) is 0 Å². The SMILES string of the molecule is CCC(Br)CCNS(=O)(=O)c1ccc(Cl)c(Br)c1. The topological polar surface area (TPSA) is 46.2 Å². The summed E-state index contributed by atoms with van der Waals surface area (Å²) < 4.78 is 27.1. The van der Waals surface area contributed by atoms with Crippen molar-refractivity contribution < 1.29 is 8.42 Å². The summed E-state index contributed by atoms with van der Waals surface area (Å²) in [7, 11) is -3.46. The molecule has 1 atom stereocenters. The molecular formula is C11H14Br2ClNO2S. The highest BCUT2D eigenvalue weighted by molar-refractivity contribution is 9.10. The lowest BCUT2D eigenvalue weighted by molar-refractivity contribution is 0.577. The Hall–Kier alpha value is 0.380. The lowest BCUT2D eigenvalue weighted by atomic mass is 10.2. The number of halogens is 3. The first kappa shape index (κ1) is 16.4. The second kappa shape index (κ2) is 7.24. The first-order valence-corrected chi connectivity index (χ1v) is 9.02. The first-order valence-electron chi connectivity index (χ1n) is 5.45. The second-order valence-corrected chi connectivity index (χ2v) is 8.09. The highest BCUT2D eigenvalue weighted by Gasteiger charge is 2.15. The predicted molar refractivity (Wildman–Crippen MR) is 82.0 cm³/mol. The molecule has 0 amide bonds. The third-order valence-corrected chi connectivity index (χ3v) is 6.17. The minimum atomic E-state index is -3.46. The average molecular weight is 420 g/mol. The highest BCUT2D eigenvalue weighted by Crippen LogP contribution is 2.25. The first-order chi connectivity index (χ1) is 8.36. The fourth-order valence-electron chi connectivity index (χ4n) is 1.28. The standard InChI is InChI=1S/C11H14Br2ClNO2S/c1-2-8(12)5-6-15-18(16,17)9-3-4-11(14)10(13)7-9/h3-4,7-8,15H,2,5-6H2,1H3. The minimum absolute atomic E-state index is 0.210. The lowest BCUT2D eigenvalue weighted by Gasteiger charge is -2.09. The van der Waals surface area contributed by atoms with Crippen molar-refractivity contribution in [1.29, 1.82) is 0 Å². The van der Waals surface area contributed by atoms with Crippen molar-refractivity contribution in [2.75, 3.05) is 6.54 Å². The molecule has 0 radical (unpaired) electrons. The van der Waals surface area contributed by atoms with Gasteiger partial charge in [0.05, 0.1) is 9.92 Å². The number of hydrogen-bond acceptors (Lipinski definition) is 2. The van der Waals surface area contributed by atoms with Crippen LogP contribution in [0.1, 0.15) is 19.8 Å². The van der Waals surface area contributed by atoms with E-state index in [1.165, 1.54) is 12.1 Å². The normalized spacial score (nSPS) is 13.6. The van der Waals surface area contributed by atoms with Crippen molar-refractivity contribution in [3.63, 3.8) is 0 Å². The quantitative estimate of drug-likeness (QED) is 0.710. The summed E-state index contributed by atoms with van der Waals surface area (Å²) >= 11 is 12.5. The summed E-state index contributed by atoms with van der Waals surface area (Å²) in [5, 5.41) is 0.487. The van der Waals surface area contributed by atoms with Crippen LogP contribution in [-0.2, 0) is 10.0 Å². The van der Waals surface area contributed by atoms with Crippen LogP contribution in [0.3, 0.4) is 0 Å². The molecule has 0 aliphatic carbocycles. The van der Waals surface area contributed by atoms with E-state index in [-0.39, 0.29) is 4.90 Å². The summed E-state index contributed by atoms with van der Waals surface area (Å²) in [5.41, 5.74) is 0. The maximum atomic E-state index is 12.0. The molecule has 7 heteroatoms. The zero-order valence-corrected chi connectivity index (χ0v) is 14.5. The van der Waals surface area contributed by atoms with E-state index in [1.54, 1.807) is 6.07 Å². The largest absolute Gasteiger partial charge is 0.240 e. The number of hydrogen-bond donors (Lipinski definition) is 1. The van der Waals surface area contributed by atoms with E-state index in [4.69, 9.17) is 11.6 Å². The fraction of sp³-hybridized carbons (Fsp3) is 0.455. The van der Waals surface area contributed by atoms with E-state index >= 15 is 0 Å². The maximum absolute atomic E-state index is 12.0. The van der Waals surface area contributed by atoms with Crippen LogP contribution in [0, 0.1) is 0 Å². The van der Waals surface area contributed by atoms with Crippen LogP contribution in [0.25, 0.3) is 0 Å². The Labute approximate surface area is 130 Å². The Morgan fingerprint density at radius 1 is 1.44 bits per heavy atom. The van der Waals surface area contributed by atoms with Gasteiger partial charge in [-0.05, 0) is 47.0 Å². The Kier molecular flexibility index (Phi) is 6.61. The van der Waals surface area contributed by atoms with Crippen LogP contribution in [0.5, 0.6) is 0 Å². The van der Waals surface area contributed by atoms with Crippen LogP contribution in [0.15, 0.2) is 27.6 Å². The Morgan fingerprint density at radius 3 is 2.67 bits per heavy atom. The molecule has 3 nitrogen and oxygen atoms in total. The summed E-state index contributed by atoms with van der Waals surface area (Å²) in [6.45, 7) is 2.45. The number of benzene rings is 1. The van der Waals surface area contributed by atoms with Gasteiger partial charge in [-0.25, -0.2) is 13.1 Å². The van der Waals surface area contributed by atoms with Gasteiger partial charge in [0.1, 0.15) is 0 Å². The van der Waals surface area contributed by atoms with Crippen LogP contribution >= 0.6 is 43.5 Å². The van der Waals surface area contributed by atoms with Gasteiger partial charge < -0.3 is 0 Å². The van der Waals surface area contributed by atoms with E-state index in [9.17, 15) is 8.42 Å². The van der Waals surface area contributed by atoms with Crippen molar-refractivity contribution in [3.8, 4) is 0 Å². The minimum Gasteiger partial charge on any atom is -0.211 e. The molecule has 1 aromatic rings. The number of alkyl halides is 1. The van der Waals surface area contributed by atoms with E-state index in [0.29, 0.717) is 20.9 Å². The monoisotopic (exact) mass is 417 g/mol. The second-order valence-electron chi connectivity index (χ2n) is 3.77. The molecule has 1 rings (SSSR count). The third kappa shape index (κ3) is 4.81. The predicted octanol–water partition coefficient (Wildman–Crippen LogP) is 3.94. The van der Waals surface area contributed by atoms with Crippen LogP contribution in [0.2, 0.25) is 5.02 Å². The molecule has 1 N–H and O–H groups in total. The number of rotatable bonds is 6. The smallest absolute Gasteiger partial charge is 0.211 e. The van der Waals surface area contributed by atoms with Gasteiger partial charge in [-0.2, -0.15) is 0 Å². The molecular weight excluding hydrogens is 405 g/mol. The van der Waals surface area contributed by atoms with Gasteiger partial charge in [0.2, 0.25) is 10.0 Å². The molecule has 0 aromatic heterocycles. The molecule has 0 aliphatic heterocycles. The van der Waals surface area contributed by atoms with Gasteiger partial charge in [-0.3, -0.25) is 0 Å². The van der Waals surface area contributed by atoms with E-state index in [2.05, 4.69) is 36.6 Å². The summed E-state index contributed by atoms with van der Waals surface area (Å²) in [4.78, 5) is 0.540. The molecule has 1 aromatic carbocycles. The third-order valence-electron chi connectivity index (χ3n) is 2.39. The van der Waals surface area contributed by atoms with Crippen molar-refractivity contribution in [2.45, 2.75) is 29.5 Å². The molecule has 0 heterocycles. The van der Waals surface area contributed by atoms with Gasteiger partial charge >= 0.3 is 0 Å². The fourth-order valence-corrected chi connectivity index (χ4v) is 3.23. The van der Waals surface area contributed by atoms with E-state index in [0.717, 1.165) is 12.8 Å². The molecule has 0 saturated heterocycles. The van der Waals surface area contributed by atoms with E-state index in [1.807, 2.05) is 6.92 Å². The van der Waals surface area contributed by atoms with Crippen LogP contribution in [0.4, 0.5) is 0 Å². The van der Waals surface area contributed by atoms with Crippen LogP contribution in [-0.4, -0.2) is 19.8 Å². The molecule has 0 aliphatic rings. The Morgan fingerprint density at radius 2 is 2.11 bits per heavy atom. The molecule has 0 saturated carbocycles. The van der Waals surface area contributed by atoms with E-state index < -0.39 is 10.0 Å². The summed E-state index contributed by atoms with van der Waals surface area (Å²) in [6, 6.07) is 4.54. The van der Waals surface area contributed by atoms with Gasteiger partial charge in [0, 0.05) is 15.8 Å².